The molecule has 0 atom stereocenters. The maximum atomic E-state index is 9.07. The molecule has 0 aliphatic rings. The van der Waals surface area contributed by atoms with Crippen molar-refractivity contribution in [2.24, 2.45) is 7.05 Å². The van der Waals surface area contributed by atoms with E-state index in [1.165, 1.54) is 4.88 Å². The zero-order valence-corrected chi connectivity index (χ0v) is 11.5. The fourth-order valence-electron chi connectivity index (χ4n) is 1.51. The molecule has 0 radical (unpaired) electrons. The first-order valence-corrected chi connectivity index (χ1v) is 7.22. The predicted molar refractivity (Wildman–Crippen MR) is 70.4 cm³/mol. The summed E-state index contributed by atoms with van der Waals surface area (Å²) >= 11 is 3.42. The first kappa shape index (κ1) is 12.6. The van der Waals surface area contributed by atoms with Gasteiger partial charge in [-0.2, -0.15) is 0 Å². The number of rotatable bonds is 5. The van der Waals surface area contributed by atoms with E-state index in [0.717, 1.165) is 28.7 Å². The maximum absolute atomic E-state index is 9.07. The van der Waals surface area contributed by atoms with Gasteiger partial charge in [0.15, 0.2) is 5.16 Å². The molecule has 0 amide bonds. The van der Waals surface area contributed by atoms with Gasteiger partial charge in [0.25, 0.3) is 0 Å². The molecule has 0 bridgehead atoms. The number of aliphatic hydroxyl groups excluding tert-OH is 1. The van der Waals surface area contributed by atoms with Gasteiger partial charge in [0.2, 0.25) is 0 Å². The Kier molecular flexibility index (Phi) is 4.20. The summed E-state index contributed by atoms with van der Waals surface area (Å²) in [5.41, 5.74) is 3.87. The largest absolute Gasteiger partial charge is 0.390 e. The molecule has 0 aliphatic heterocycles. The fraction of sp³-hybridized carbons (Fsp3) is 0.455. The molecule has 0 aromatic carbocycles. The Morgan fingerprint density at radius 2 is 2.29 bits per heavy atom. The van der Waals surface area contributed by atoms with Crippen LogP contribution in [-0.4, -0.2) is 25.4 Å². The molecule has 0 fully saturated rings. The molecule has 0 saturated heterocycles. The third-order valence-corrected chi connectivity index (χ3v) is 4.65. The van der Waals surface area contributed by atoms with Crippen LogP contribution in [0.5, 0.6) is 0 Å². The van der Waals surface area contributed by atoms with Crippen LogP contribution in [0.25, 0.3) is 0 Å². The van der Waals surface area contributed by atoms with Crippen molar-refractivity contribution in [2.45, 2.75) is 25.1 Å². The van der Waals surface area contributed by atoms with Crippen LogP contribution < -0.4 is 0 Å². The molecular weight excluding hydrogens is 254 g/mol. The topological polar surface area (TPSA) is 50.9 Å². The third-order valence-electron chi connectivity index (χ3n) is 2.61. The molecule has 17 heavy (non-hydrogen) atoms. The van der Waals surface area contributed by atoms with E-state index in [9.17, 15) is 0 Å². The van der Waals surface area contributed by atoms with Crippen molar-refractivity contribution in [1.82, 2.24) is 14.5 Å². The van der Waals surface area contributed by atoms with Crippen LogP contribution in [0.4, 0.5) is 0 Å². The van der Waals surface area contributed by atoms with Crippen molar-refractivity contribution in [2.75, 3.05) is 5.75 Å². The smallest absolute Gasteiger partial charge is 0.167 e. The number of thiazole rings is 1. The van der Waals surface area contributed by atoms with E-state index in [4.69, 9.17) is 5.11 Å². The van der Waals surface area contributed by atoms with Crippen molar-refractivity contribution >= 4 is 23.1 Å². The number of aromatic nitrogens is 3. The molecule has 0 spiro atoms. The Bertz CT molecular complexity index is 493. The number of nitrogens with zero attached hydrogens (tertiary/aromatic N) is 3. The molecule has 4 nitrogen and oxygen atoms in total. The van der Waals surface area contributed by atoms with Crippen LogP contribution in [0.2, 0.25) is 0 Å². The normalized spacial score (nSPS) is 11.0. The third kappa shape index (κ3) is 2.88. The van der Waals surface area contributed by atoms with Crippen molar-refractivity contribution in [3.8, 4) is 0 Å². The number of imidazole rings is 1. The zero-order chi connectivity index (χ0) is 12.3. The highest BCUT2D eigenvalue weighted by atomic mass is 32.2. The minimum Gasteiger partial charge on any atom is -0.390 e. The summed E-state index contributed by atoms with van der Waals surface area (Å²) in [6.45, 7) is 2.08. The molecule has 2 heterocycles. The van der Waals surface area contributed by atoms with Gasteiger partial charge in [-0.25, -0.2) is 9.97 Å². The number of aryl methyl sites for hydroxylation is 2. The van der Waals surface area contributed by atoms with Gasteiger partial charge in [-0.05, 0) is 13.3 Å². The van der Waals surface area contributed by atoms with Crippen molar-refractivity contribution in [3.05, 3.63) is 28.0 Å². The molecule has 0 aliphatic carbocycles. The molecule has 0 saturated carbocycles. The Hall–Kier alpha value is -0.850. The lowest BCUT2D eigenvalue weighted by atomic mass is 10.3. The summed E-state index contributed by atoms with van der Waals surface area (Å²) in [6.07, 6.45) is 2.74. The van der Waals surface area contributed by atoms with E-state index < -0.39 is 0 Å². The summed E-state index contributed by atoms with van der Waals surface area (Å²) < 4.78 is 1.93. The number of hydrogen-bond donors (Lipinski definition) is 1. The summed E-state index contributed by atoms with van der Waals surface area (Å²) in [5, 5.41) is 10.0. The second-order valence-corrected chi connectivity index (χ2v) is 5.71. The minimum absolute atomic E-state index is 0.0397. The monoisotopic (exact) mass is 269 g/mol. The lowest BCUT2D eigenvalue weighted by Gasteiger charge is -2.03. The highest BCUT2D eigenvalue weighted by Gasteiger charge is 2.07. The first-order valence-electron chi connectivity index (χ1n) is 5.35. The number of thioether (sulfide) groups is 1. The zero-order valence-electron chi connectivity index (χ0n) is 9.88. The molecule has 2 rings (SSSR count). The predicted octanol–water partition coefficient (Wildman–Crippen LogP) is 2.01. The molecule has 2 aromatic rings. The van der Waals surface area contributed by atoms with E-state index >= 15 is 0 Å². The van der Waals surface area contributed by atoms with E-state index in [0.29, 0.717) is 0 Å². The van der Waals surface area contributed by atoms with Gasteiger partial charge in [0.1, 0.15) is 0 Å². The average Bonchev–Trinajstić information content (AvgIpc) is 2.87. The van der Waals surface area contributed by atoms with Crippen LogP contribution in [0.3, 0.4) is 0 Å². The maximum Gasteiger partial charge on any atom is 0.167 e. The van der Waals surface area contributed by atoms with Gasteiger partial charge in [0.05, 0.1) is 29.7 Å². The lowest BCUT2D eigenvalue weighted by molar-refractivity contribution is 0.271. The van der Waals surface area contributed by atoms with Gasteiger partial charge in [-0.15, -0.1) is 11.3 Å². The Morgan fingerprint density at radius 3 is 2.88 bits per heavy atom. The van der Waals surface area contributed by atoms with Crippen LogP contribution in [0.1, 0.15) is 16.3 Å². The van der Waals surface area contributed by atoms with Crippen LogP contribution in [0.15, 0.2) is 16.9 Å². The SMILES string of the molecule is Cc1ncsc1CCSc1ncc(CO)n1C. The van der Waals surface area contributed by atoms with Gasteiger partial charge in [-0.1, -0.05) is 11.8 Å². The minimum atomic E-state index is 0.0397. The summed E-state index contributed by atoms with van der Waals surface area (Å²) in [5.74, 6) is 0.985. The van der Waals surface area contributed by atoms with Gasteiger partial charge in [0, 0.05) is 17.7 Å². The standard InChI is InChI=1S/C11H15N3OS2/c1-8-10(17-7-13-8)3-4-16-11-12-5-9(6-15)14(11)2/h5,7,15H,3-4,6H2,1-2H3. The quantitative estimate of drug-likeness (QED) is 0.844. The summed E-state index contributed by atoms with van der Waals surface area (Å²) in [7, 11) is 1.93. The molecule has 2 aromatic heterocycles. The molecular formula is C11H15N3OS2. The molecule has 6 heteroatoms. The van der Waals surface area contributed by atoms with Gasteiger partial charge in [-0.3, -0.25) is 0 Å². The van der Waals surface area contributed by atoms with Crippen molar-refractivity contribution in [3.63, 3.8) is 0 Å². The van der Waals surface area contributed by atoms with E-state index in [1.807, 2.05) is 24.0 Å². The van der Waals surface area contributed by atoms with E-state index in [2.05, 4.69) is 9.97 Å². The average molecular weight is 269 g/mol. The Labute approximate surface area is 109 Å². The Balaban J connectivity index is 1.90. The molecule has 0 unspecified atom stereocenters. The first-order chi connectivity index (χ1) is 8.22. The second kappa shape index (κ2) is 5.66. The van der Waals surface area contributed by atoms with Crippen molar-refractivity contribution in [1.29, 1.82) is 0 Å². The number of aliphatic hydroxyl groups is 1. The summed E-state index contributed by atoms with van der Waals surface area (Å²) in [4.78, 5) is 9.86. The van der Waals surface area contributed by atoms with Crippen LogP contribution in [0, 0.1) is 6.92 Å². The highest BCUT2D eigenvalue weighted by molar-refractivity contribution is 7.99. The van der Waals surface area contributed by atoms with E-state index in [1.54, 1.807) is 29.3 Å². The lowest BCUT2D eigenvalue weighted by Crippen LogP contribution is -1.98. The molecule has 92 valence electrons. The second-order valence-electron chi connectivity index (χ2n) is 3.71. The van der Waals surface area contributed by atoms with Crippen molar-refractivity contribution < 1.29 is 5.11 Å². The van der Waals surface area contributed by atoms with Gasteiger partial charge >= 0.3 is 0 Å². The van der Waals surface area contributed by atoms with E-state index in [-0.39, 0.29) is 6.61 Å². The number of hydrogen-bond acceptors (Lipinski definition) is 5. The summed E-state index contributed by atoms with van der Waals surface area (Å²) in [6, 6.07) is 0. The highest BCUT2D eigenvalue weighted by Crippen LogP contribution is 2.21. The Morgan fingerprint density at radius 1 is 1.47 bits per heavy atom. The van der Waals surface area contributed by atoms with Gasteiger partial charge < -0.3 is 9.67 Å². The van der Waals surface area contributed by atoms with Crippen LogP contribution in [-0.2, 0) is 20.1 Å². The van der Waals surface area contributed by atoms with Crippen LogP contribution >= 0.6 is 23.1 Å². The fourth-order valence-corrected chi connectivity index (χ4v) is 3.35. The molecule has 1 N–H and O–H groups in total.